The average Bonchev–Trinajstić information content (AvgIpc) is 2.95. The summed E-state index contributed by atoms with van der Waals surface area (Å²) in [6, 6.07) is 26.6. The Morgan fingerprint density at radius 3 is 2.28 bits per heavy atom. The molecule has 0 aliphatic carbocycles. The lowest BCUT2D eigenvalue weighted by Crippen LogP contribution is -2.05. The molecule has 3 aromatic carbocycles. The molecule has 0 amide bonds. The van der Waals surface area contributed by atoms with Gasteiger partial charge in [0.1, 0.15) is 40.9 Å². The van der Waals surface area contributed by atoms with E-state index in [9.17, 15) is 18.9 Å². The maximum Gasteiger partial charge on any atom is 0.182 e. The first-order chi connectivity index (χ1) is 18.9. The highest BCUT2D eigenvalue weighted by Crippen LogP contribution is 2.37. The van der Waals surface area contributed by atoms with E-state index in [0.717, 1.165) is 5.56 Å². The largest absolute Gasteiger partial charge is 0.491 e. The average molecular weight is 557 g/mol. The number of hydrogen-bond donors (Lipinski definition) is 2. The molecule has 0 aliphatic rings. The lowest BCUT2D eigenvalue weighted by atomic mass is 9.97. The molecule has 0 spiro atoms. The van der Waals surface area contributed by atoms with Gasteiger partial charge in [0.05, 0.1) is 22.8 Å². The number of benzene rings is 3. The van der Waals surface area contributed by atoms with Crippen LogP contribution >= 0.6 is 11.8 Å². The molecule has 3 N–H and O–H groups in total. The number of rotatable bonds is 10. The number of pyridine rings is 1. The van der Waals surface area contributed by atoms with Crippen molar-refractivity contribution in [1.82, 2.24) is 4.98 Å². The number of nitrogens with zero attached hydrogens (tertiary/aromatic N) is 3. The number of aliphatic hydroxyl groups excluding tert-OH is 1. The molecule has 1 aromatic heterocycles. The van der Waals surface area contributed by atoms with E-state index in [1.54, 1.807) is 66.7 Å². The van der Waals surface area contributed by atoms with Gasteiger partial charge in [-0.3, -0.25) is 0 Å². The summed E-state index contributed by atoms with van der Waals surface area (Å²) in [6.07, 6.45) is 0. The van der Waals surface area contributed by atoms with Crippen LogP contribution < -0.4 is 10.5 Å². The van der Waals surface area contributed by atoms with Gasteiger partial charge in [0.25, 0.3) is 0 Å². The number of nitriles is 2. The molecule has 0 aliphatic heterocycles. The van der Waals surface area contributed by atoms with E-state index >= 15 is 0 Å². The lowest BCUT2D eigenvalue weighted by Gasteiger charge is -2.14. The van der Waals surface area contributed by atoms with Crippen molar-refractivity contribution in [2.75, 3.05) is 18.9 Å². The number of sulfone groups is 1. The molecule has 0 bridgehead atoms. The minimum atomic E-state index is -3.50. The molecule has 0 unspecified atom stereocenters. The highest BCUT2D eigenvalue weighted by Gasteiger charge is 2.21. The van der Waals surface area contributed by atoms with Crippen LogP contribution in [-0.4, -0.2) is 31.7 Å². The Morgan fingerprint density at radius 2 is 1.62 bits per heavy atom. The number of aromatic nitrogens is 1. The molecule has 0 saturated heterocycles. The summed E-state index contributed by atoms with van der Waals surface area (Å²) >= 11 is 1.28. The van der Waals surface area contributed by atoms with Crippen LogP contribution in [0.2, 0.25) is 0 Å². The predicted octanol–water partition coefficient (Wildman–Crippen LogP) is 4.71. The minimum absolute atomic E-state index is 0.0114. The maximum atomic E-state index is 12.8. The third-order valence-corrected chi connectivity index (χ3v) is 8.49. The molecule has 0 fully saturated rings. The van der Waals surface area contributed by atoms with Crippen LogP contribution in [-0.2, 0) is 21.3 Å². The molecule has 0 atom stereocenters. The Hall–Kier alpha value is -4.35. The van der Waals surface area contributed by atoms with Gasteiger partial charge in [0.2, 0.25) is 0 Å². The monoisotopic (exact) mass is 556 g/mol. The minimum Gasteiger partial charge on any atom is -0.491 e. The standard InChI is InChI=1S/C29H24N4O4S2/c30-16-25-27(22-9-11-23(12-10-22)37-14-13-34)26(17-31)29(33-28(25)32)38-18-20-5-4-6-21(15-20)19-39(35,36)24-7-2-1-3-8-24/h1-12,15,34H,13-14,18-19H2,(H2,32,33). The van der Waals surface area contributed by atoms with E-state index in [4.69, 9.17) is 15.6 Å². The first-order valence-electron chi connectivity index (χ1n) is 11.8. The van der Waals surface area contributed by atoms with E-state index < -0.39 is 9.84 Å². The zero-order valence-electron chi connectivity index (χ0n) is 20.7. The second-order valence-electron chi connectivity index (χ2n) is 8.43. The summed E-state index contributed by atoms with van der Waals surface area (Å²) in [7, 11) is -3.50. The predicted molar refractivity (Wildman–Crippen MR) is 149 cm³/mol. The van der Waals surface area contributed by atoms with Crippen molar-refractivity contribution in [2.24, 2.45) is 0 Å². The topological polar surface area (TPSA) is 150 Å². The molecular formula is C29H24N4O4S2. The Balaban J connectivity index is 1.60. The van der Waals surface area contributed by atoms with Gasteiger partial charge in [-0.2, -0.15) is 10.5 Å². The first-order valence-corrected chi connectivity index (χ1v) is 14.5. The van der Waals surface area contributed by atoms with Crippen molar-refractivity contribution in [3.8, 4) is 29.0 Å². The van der Waals surface area contributed by atoms with Crippen LogP contribution in [0, 0.1) is 22.7 Å². The summed E-state index contributed by atoms with van der Waals surface area (Å²) in [4.78, 5) is 4.61. The van der Waals surface area contributed by atoms with Crippen LogP contribution in [0.4, 0.5) is 5.82 Å². The Labute approximate surface area is 231 Å². The van der Waals surface area contributed by atoms with Crippen molar-refractivity contribution in [1.29, 1.82) is 10.5 Å². The fraction of sp³-hybridized carbons (Fsp3) is 0.138. The van der Waals surface area contributed by atoms with Crippen LogP contribution in [0.3, 0.4) is 0 Å². The molecule has 0 radical (unpaired) electrons. The Kier molecular flexibility index (Phi) is 8.84. The summed E-state index contributed by atoms with van der Waals surface area (Å²) in [6.45, 7) is 0.0285. The molecular weight excluding hydrogens is 532 g/mol. The number of thioether (sulfide) groups is 1. The quantitative estimate of drug-likeness (QED) is 0.265. The maximum absolute atomic E-state index is 12.8. The van der Waals surface area contributed by atoms with Crippen molar-refractivity contribution in [3.63, 3.8) is 0 Å². The van der Waals surface area contributed by atoms with Gasteiger partial charge in [0, 0.05) is 11.3 Å². The van der Waals surface area contributed by atoms with Crippen LogP contribution in [0.15, 0.2) is 88.8 Å². The van der Waals surface area contributed by atoms with Gasteiger partial charge in [-0.1, -0.05) is 54.6 Å². The van der Waals surface area contributed by atoms with E-state index in [0.29, 0.717) is 33.2 Å². The lowest BCUT2D eigenvalue weighted by molar-refractivity contribution is 0.201. The zero-order valence-corrected chi connectivity index (χ0v) is 22.4. The Bertz CT molecular complexity index is 1660. The molecule has 0 saturated carbocycles. The van der Waals surface area contributed by atoms with Crippen molar-refractivity contribution >= 4 is 27.4 Å². The molecule has 196 valence electrons. The van der Waals surface area contributed by atoms with E-state index in [1.807, 2.05) is 12.1 Å². The number of ether oxygens (including phenoxy) is 1. The third-order valence-electron chi connectivity index (χ3n) is 5.74. The van der Waals surface area contributed by atoms with E-state index in [1.165, 1.54) is 11.8 Å². The van der Waals surface area contributed by atoms with Crippen molar-refractivity contribution < 1.29 is 18.3 Å². The fourth-order valence-electron chi connectivity index (χ4n) is 3.96. The fourth-order valence-corrected chi connectivity index (χ4v) is 6.26. The van der Waals surface area contributed by atoms with E-state index in [2.05, 4.69) is 17.1 Å². The molecule has 8 nitrogen and oxygen atoms in total. The molecule has 1 heterocycles. The number of nitrogen functional groups attached to an aromatic ring is 1. The smallest absolute Gasteiger partial charge is 0.182 e. The highest BCUT2D eigenvalue weighted by atomic mass is 32.2. The van der Waals surface area contributed by atoms with Gasteiger partial charge in [-0.15, -0.1) is 11.8 Å². The van der Waals surface area contributed by atoms with Gasteiger partial charge >= 0.3 is 0 Å². The second kappa shape index (κ2) is 12.5. The third kappa shape index (κ3) is 6.57. The van der Waals surface area contributed by atoms with Crippen LogP contribution in [0.1, 0.15) is 22.3 Å². The zero-order chi connectivity index (χ0) is 27.8. The Morgan fingerprint density at radius 1 is 0.923 bits per heavy atom. The van der Waals surface area contributed by atoms with Gasteiger partial charge < -0.3 is 15.6 Å². The summed E-state index contributed by atoms with van der Waals surface area (Å²) in [5.74, 6) is 0.816. The van der Waals surface area contributed by atoms with Crippen molar-refractivity contribution in [2.45, 2.75) is 21.4 Å². The van der Waals surface area contributed by atoms with E-state index in [-0.39, 0.29) is 40.8 Å². The summed E-state index contributed by atoms with van der Waals surface area (Å²) in [5.41, 5.74) is 8.93. The number of anilines is 1. The van der Waals surface area contributed by atoms with Gasteiger partial charge in [0.15, 0.2) is 9.84 Å². The SMILES string of the molecule is N#Cc1c(N)nc(SCc2cccc(CS(=O)(=O)c3ccccc3)c2)c(C#N)c1-c1ccc(OCCO)cc1. The first kappa shape index (κ1) is 27.7. The number of hydrogen-bond acceptors (Lipinski definition) is 9. The van der Waals surface area contributed by atoms with Crippen LogP contribution in [0.5, 0.6) is 5.75 Å². The van der Waals surface area contributed by atoms with Gasteiger partial charge in [-0.05, 0) is 41.0 Å². The van der Waals surface area contributed by atoms with Gasteiger partial charge in [-0.25, -0.2) is 13.4 Å². The normalized spacial score (nSPS) is 10.9. The number of nitrogens with two attached hydrogens (primary N) is 1. The van der Waals surface area contributed by atoms with Crippen molar-refractivity contribution in [3.05, 3.63) is 101 Å². The summed E-state index contributed by atoms with van der Waals surface area (Å²) in [5, 5.41) is 29.1. The second-order valence-corrected chi connectivity index (χ2v) is 11.4. The highest BCUT2D eigenvalue weighted by molar-refractivity contribution is 7.98. The number of aliphatic hydroxyl groups is 1. The molecule has 10 heteroatoms. The molecule has 4 aromatic rings. The molecule has 4 rings (SSSR count). The molecule has 39 heavy (non-hydrogen) atoms. The summed E-state index contributed by atoms with van der Waals surface area (Å²) < 4.78 is 31.0. The van der Waals surface area contributed by atoms with Crippen LogP contribution in [0.25, 0.3) is 11.1 Å².